The molecule has 0 radical (unpaired) electrons. The number of carbonyl (C=O) groups excluding carboxylic acids is 1. The number of carbonyl (C=O) groups is 1. The number of hydrogen-bond acceptors (Lipinski definition) is 8. The van der Waals surface area contributed by atoms with E-state index >= 15 is 0 Å². The van der Waals surface area contributed by atoms with Gasteiger partial charge in [-0.1, -0.05) is 0 Å². The lowest BCUT2D eigenvalue weighted by molar-refractivity contribution is 0.0939. The lowest BCUT2D eigenvalue weighted by Gasteiger charge is -2.17. The van der Waals surface area contributed by atoms with Crippen molar-refractivity contribution in [3.05, 3.63) is 47.0 Å². The molecule has 3 aromatic heterocycles. The number of amides is 1. The molecule has 1 N–H and O–H groups in total. The second kappa shape index (κ2) is 8.12. The Bertz CT molecular complexity index is 1040. The maximum atomic E-state index is 12.5. The van der Waals surface area contributed by atoms with Gasteiger partial charge in [-0.25, -0.2) is 15.0 Å². The molecular formula is C20H22N6O2S. The molecule has 1 fully saturated rings. The summed E-state index contributed by atoms with van der Waals surface area (Å²) >= 11 is 1.64. The minimum absolute atomic E-state index is 0.0216. The lowest BCUT2D eigenvalue weighted by Crippen LogP contribution is -2.37. The van der Waals surface area contributed by atoms with E-state index in [0.29, 0.717) is 23.8 Å². The van der Waals surface area contributed by atoms with E-state index in [1.807, 2.05) is 19.9 Å². The van der Waals surface area contributed by atoms with Crippen LogP contribution in [0, 0.1) is 13.8 Å². The highest BCUT2D eigenvalue weighted by molar-refractivity contribution is 7.15. The van der Waals surface area contributed by atoms with E-state index < -0.39 is 0 Å². The summed E-state index contributed by atoms with van der Waals surface area (Å²) in [6, 6.07) is 3.61. The molecule has 1 aliphatic rings. The fourth-order valence-corrected chi connectivity index (χ4v) is 4.27. The van der Waals surface area contributed by atoms with Gasteiger partial charge in [0.25, 0.3) is 5.91 Å². The maximum absolute atomic E-state index is 12.5. The molecule has 9 heteroatoms. The first-order chi connectivity index (χ1) is 14.0. The van der Waals surface area contributed by atoms with Gasteiger partial charge in [-0.05, 0) is 32.4 Å². The first-order valence-electron chi connectivity index (χ1n) is 9.36. The second-order valence-corrected chi connectivity index (χ2v) is 8.11. The zero-order chi connectivity index (χ0) is 20.4. The molecule has 0 bridgehead atoms. The van der Waals surface area contributed by atoms with Crippen molar-refractivity contribution in [3.8, 4) is 16.3 Å². The fourth-order valence-electron chi connectivity index (χ4n) is 3.38. The number of thiazole rings is 1. The minimum atomic E-state index is -0.159. The number of anilines is 1. The Morgan fingerprint density at radius 2 is 2.17 bits per heavy atom. The minimum Gasteiger partial charge on any atom is -0.495 e. The number of rotatable bonds is 5. The van der Waals surface area contributed by atoms with Gasteiger partial charge < -0.3 is 15.0 Å². The average molecular weight is 411 g/mol. The van der Waals surface area contributed by atoms with E-state index in [2.05, 4.69) is 25.2 Å². The number of pyridine rings is 1. The molecular weight excluding hydrogens is 388 g/mol. The highest BCUT2D eigenvalue weighted by Gasteiger charge is 2.26. The molecule has 1 unspecified atom stereocenters. The third-order valence-electron chi connectivity index (χ3n) is 4.80. The van der Waals surface area contributed by atoms with Crippen molar-refractivity contribution < 1.29 is 9.53 Å². The summed E-state index contributed by atoms with van der Waals surface area (Å²) in [6.07, 6.45) is 5.72. The number of nitrogens with one attached hydrogen (secondary N) is 1. The molecule has 0 aromatic carbocycles. The van der Waals surface area contributed by atoms with Crippen LogP contribution in [0.2, 0.25) is 0 Å². The molecule has 0 aliphatic carbocycles. The lowest BCUT2D eigenvalue weighted by atomic mass is 10.2. The smallest absolute Gasteiger partial charge is 0.253 e. The van der Waals surface area contributed by atoms with Gasteiger partial charge in [0.15, 0.2) is 0 Å². The predicted octanol–water partition coefficient (Wildman–Crippen LogP) is 2.63. The fraction of sp³-hybridized carbons (Fsp3) is 0.350. The van der Waals surface area contributed by atoms with Crippen molar-refractivity contribution in [2.75, 3.05) is 25.1 Å². The second-order valence-electron chi connectivity index (χ2n) is 6.91. The van der Waals surface area contributed by atoms with Crippen LogP contribution in [0.4, 0.5) is 5.95 Å². The van der Waals surface area contributed by atoms with Crippen LogP contribution in [0.15, 0.2) is 30.7 Å². The Morgan fingerprint density at radius 1 is 1.31 bits per heavy atom. The van der Waals surface area contributed by atoms with Gasteiger partial charge in [-0.3, -0.25) is 9.78 Å². The van der Waals surface area contributed by atoms with Crippen LogP contribution in [0.5, 0.6) is 5.75 Å². The van der Waals surface area contributed by atoms with Gasteiger partial charge >= 0.3 is 0 Å². The van der Waals surface area contributed by atoms with Crippen molar-refractivity contribution in [3.63, 3.8) is 0 Å². The molecule has 1 aliphatic heterocycles. The molecule has 1 atom stereocenters. The normalized spacial score (nSPS) is 16.1. The predicted molar refractivity (Wildman–Crippen MR) is 111 cm³/mol. The number of ether oxygens (including phenoxy) is 1. The van der Waals surface area contributed by atoms with Crippen molar-refractivity contribution >= 4 is 23.2 Å². The Balaban J connectivity index is 1.44. The number of nitrogens with zero attached hydrogens (tertiary/aromatic N) is 5. The van der Waals surface area contributed by atoms with Crippen molar-refractivity contribution in [1.29, 1.82) is 0 Å². The van der Waals surface area contributed by atoms with E-state index in [9.17, 15) is 4.79 Å². The van der Waals surface area contributed by atoms with Crippen molar-refractivity contribution in [1.82, 2.24) is 25.3 Å². The molecule has 1 amide bonds. The van der Waals surface area contributed by atoms with Crippen LogP contribution in [0.3, 0.4) is 0 Å². The Kier molecular flexibility index (Phi) is 5.39. The summed E-state index contributed by atoms with van der Waals surface area (Å²) in [5.74, 6) is 1.07. The highest BCUT2D eigenvalue weighted by atomic mass is 32.1. The third kappa shape index (κ3) is 4.19. The van der Waals surface area contributed by atoms with E-state index in [1.54, 1.807) is 36.9 Å². The molecule has 4 rings (SSSR count). The van der Waals surface area contributed by atoms with Gasteiger partial charge in [0, 0.05) is 31.5 Å². The number of aryl methyl sites for hydroxylation is 2. The summed E-state index contributed by atoms with van der Waals surface area (Å²) in [7, 11) is 1.55. The number of methoxy groups -OCH3 is 1. The van der Waals surface area contributed by atoms with E-state index in [-0.39, 0.29) is 11.9 Å². The zero-order valence-corrected chi connectivity index (χ0v) is 17.4. The quantitative estimate of drug-likeness (QED) is 0.691. The van der Waals surface area contributed by atoms with Crippen LogP contribution in [0.1, 0.15) is 27.5 Å². The first-order valence-corrected chi connectivity index (χ1v) is 10.2. The molecule has 29 heavy (non-hydrogen) atoms. The summed E-state index contributed by atoms with van der Waals surface area (Å²) in [4.78, 5) is 33.4. The summed E-state index contributed by atoms with van der Waals surface area (Å²) in [6.45, 7) is 5.43. The number of hydrogen-bond donors (Lipinski definition) is 1. The van der Waals surface area contributed by atoms with E-state index in [4.69, 9.17) is 9.72 Å². The average Bonchev–Trinajstić information content (AvgIpc) is 3.34. The van der Waals surface area contributed by atoms with Gasteiger partial charge in [0.05, 0.1) is 40.1 Å². The maximum Gasteiger partial charge on any atom is 0.253 e. The molecule has 4 heterocycles. The van der Waals surface area contributed by atoms with Gasteiger partial charge in [-0.15, -0.1) is 11.3 Å². The van der Waals surface area contributed by atoms with Crippen molar-refractivity contribution in [2.45, 2.75) is 26.3 Å². The SMILES string of the molecule is COc1cncc(C(=O)NC2CCN(c3nccc(-c4sc(C)nc4C)n3)C2)c1. The standard InChI is InChI=1S/C20H22N6O2S/c1-12-18(29-13(2)23-12)17-4-6-22-20(25-17)26-7-5-15(11-26)24-19(27)14-8-16(28-3)10-21-9-14/h4,6,8-10,15H,5,7,11H2,1-3H3,(H,24,27). The summed E-state index contributed by atoms with van der Waals surface area (Å²) in [5.41, 5.74) is 2.35. The summed E-state index contributed by atoms with van der Waals surface area (Å²) < 4.78 is 5.14. The van der Waals surface area contributed by atoms with Crippen LogP contribution >= 0.6 is 11.3 Å². The Labute approximate surface area is 173 Å². The van der Waals surface area contributed by atoms with E-state index in [0.717, 1.165) is 34.2 Å². The monoisotopic (exact) mass is 410 g/mol. The molecule has 150 valence electrons. The zero-order valence-electron chi connectivity index (χ0n) is 16.5. The van der Waals surface area contributed by atoms with E-state index in [1.165, 1.54) is 6.20 Å². The van der Waals surface area contributed by atoms with Crippen molar-refractivity contribution in [2.24, 2.45) is 0 Å². The Morgan fingerprint density at radius 3 is 2.93 bits per heavy atom. The molecule has 0 saturated carbocycles. The van der Waals surface area contributed by atoms with Crippen LogP contribution in [0.25, 0.3) is 10.6 Å². The van der Waals surface area contributed by atoms with Gasteiger partial charge in [-0.2, -0.15) is 0 Å². The number of aromatic nitrogens is 4. The molecule has 3 aromatic rings. The molecule has 1 saturated heterocycles. The first kappa shape index (κ1) is 19.3. The highest BCUT2D eigenvalue weighted by Crippen LogP contribution is 2.29. The Hall–Kier alpha value is -3.07. The summed E-state index contributed by atoms with van der Waals surface area (Å²) in [5, 5.41) is 4.09. The topological polar surface area (TPSA) is 93.1 Å². The van der Waals surface area contributed by atoms with Gasteiger partial charge in [0.2, 0.25) is 5.95 Å². The van der Waals surface area contributed by atoms with Crippen LogP contribution in [-0.4, -0.2) is 52.1 Å². The van der Waals surface area contributed by atoms with Crippen LogP contribution in [-0.2, 0) is 0 Å². The molecule has 8 nitrogen and oxygen atoms in total. The van der Waals surface area contributed by atoms with Crippen LogP contribution < -0.4 is 15.0 Å². The third-order valence-corrected chi connectivity index (χ3v) is 5.89. The largest absolute Gasteiger partial charge is 0.495 e. The molecule has 0 spiro atoms. The van der Waals surface area contributed by atoms with Gasteiger partial charge in [0.1, 0.15) is 5.75 Å².